The number of piperidine rings is 1. The first-order valence-electron chi connectivity index (χ1n) is 11.0. The normalized spacial score (nSPS) is 27.2. The van der Waals surface area contributed by atoms with Gasteiger partial charge < -0.3 is 19.9 Å². The number of hydrogen-bond acceptors (Lipinski definition) is 5. The van der Waals surface area contributed by atoms with Crippen molar-refractivity contribution in [1.82, 2.24) is 10.2 Å². The number of carbonyl (C=O) groups is 1. The molecule has 1 aliphatic carbocycles. The molecule has 1 aromatic rings. The molecule has 0 spiro atoms. The topological polar surface area (TPSA) is 71.0 Å². The van der Waals surface area contributed by atoms with Gasteiger partial charge in [-0.2, -0.15) is 0 Å². The number of methoxy groups -OCH3 is 2. The van der Waals surface area contributed by atoms with Crippen LogP contribution in [0.15, 0.2) is 18.2 Å². The van der Waals surface area contributed by atoms with E-state index in [-0.39, 0.29) is 17.9 Å². The van der Waals surface area contributed by atoms with E-state index in [1.807, 2.05) is 18.2 Å². The molecule has 1 aromatic carbocycles. The summed E-state index contributed by atoms with van der Waals surface area (Å²) in [6.07, 6.45) is 6.79. The fourth-order valence-electron chi connectivity index (χ4n) is 5.04. The van der Waals surface area contributed by atoms with E-state index in [1.165, 1.54) is 0 Å². The lowest BCUT2D eigenvalue weighted by atomic mass is 9.66. The van der Waals surface area contributed by atoms with E-state index in [0.717, 1.165) is 57.1 Å². The number of hydrogen-bond donors (Lipinski definition) is 2. The molecule has 1 heterocycles. The summed E-state index contributed by atoms with van der Waals surface area (Å²) in [5, 5.41) is 14.4. The molecule has 0 bridgehead atoms. The highest BCUT2D eigenvalue weighted by Gasteiger charge is 2.49. The second-order valence-electron chi connectivity index (χ2n) is 8.44. The third-order valence-electron chi connectivity index (χ3n) is 6.62. The summed E-state index contributed by atoms with van der Waals surface area (Å²) in [6, 6.07) is 5.97. The largest absolute Gasteiger partial charge is 0.493 e. The Morgan fingerprint density at radius 3 is 2.76 bits per heavy atom. The molecule has 1 saturated carbocycles. The van der Waals surface area contributed by atoms with Gasteiger partial charge in [-0.1, -0.05) is 32.3 Å². The molecule has 3 rings (SSSR count). The highest BCUT2D eigenvalue weighted by molar-refractivity contribution is 5.78. The zero-order chi connectivity index (χ0) is 20.9. The summed E-state index contributed by atoms with van der Waals surface area (Å²) in [5.74, 6) is 1.55. The van der Waals surface area contributed by atoms with Gasteiger partial charge in [-0.25, -0.2) is 0 Å². The lowest BCUT2D eigenvalue weighted by Gasteiger charge is -2.52. The molecule has 0 unspecified atom stereocenters. The Morgan fingerprint density at radius 1 is 1.24 bits per heavy atom. The number of likely N-dealkylation sites (tertiary alicyclic amines) is 1. The molecule has 1 saturated heterocycles. The Balaban J connectivity index is 1.88. The van der Waals surface area contributed by atoms with Gasteiger partial charge in [0.25, 0.3) is 0 Å². The molecular formula is C23H36N2O4. The Hall–Kier alpha value is -1.79. The van der Waals surface area contributed by atoms with Crippen molar-refractivity contribution in [2.45, 2.75) is 63.5 Å². The van der Waals surface area contributed by atoms with Crippen molar-refractivity contribution in [2.75, 3.05) is 33.9 Å². The Bertz CT molecular complexity index is 695. The summed E-state index contributed by atoms with van der Waals surface area (Å²) in [6.45, 7) is 3.91. The van der Waals surface area contributed by atoms with Crippen molar-refractivity contribution in [1.29, 1.82) is 0 Å². The fourth-order valence-corrected chi connectivity index (χ4v) is 5.04. The third-order valence-corrected chi connectivity index (χ3v) is 6.62. The van der Waals surface area contributed by atoms with Crippen molar-refractivity contribution in [3.8, 4) is 11.5 Å². The Morgan fingerprint density at radius 2 is 2.03 bits per heavy atom. The minimum atomic E-state index is -0.648. The molecule has 0 aromatic heterocycles. The lowest BCUT2D eigenvalue weighted by molar-refractivity contribution is -0.137. The monoisotopic (exact) mass is 404 g/mol. The number of nitrogens with zero attached hydrogens (tertiary/aromatic N) is 1. The first kappa shape index (κ1) is 21.9. The third kappa shape index (κ3) is 4.86. The van der Waals surface area contributed by atoms with Crippen molar-refractivity contribution >= 4 is 5.91 Å². The standard InChI is InChI=1S/C23H36N2O4/c1-4-5-13-24-21(26)16-25-14-12-23(27)11-7-6-8-18(23)22(25)17-9-10-19(28-2)20(15-17)29-3/h9-10,15,18,22,27H,4-8,11-14,16H2,1-3H3,(H,24,26)/t18-,22-,23-/m0/s1. The molecule has 162 valence electrons. The van der Waals surface area contributed by atoms with Crippen LogP contribution in [0.5, 0.6) is 11.5 Å². The molecule has 2 N–H and O–H groups in total. The molecule has 3 atom stereocenters. The predicted octanol–water partition coefficient (Wildman–Crippen LogP) is 3.29. The van der Waals surface area contributed by atoms with Crippen LogP contribution in [0, 0.1) is 5.92 Å². The first-order valence-corrected chi connectivity index (χ1v) is 11.0. The van der Waals surface area contributed by atoms with Crippen LogP contribution in [-0.2, 0) is 4.79 Å². The van der Waals surface area contributed by atoms with Crippen LogP contribution in [0.2, 0.25) is 0 Å². The van der Waals surface area contributed by atoms with E-state index in [1.54, 1.807) is 14.2 Å². The maximum atomic E-state index is 12.6. The van der Waals surface area contributed by atoms with E-state index in [0.29, 0.717) is 24.6 Å². The number of rotatable bonds is 8. The zero-order valence-corrected chi connectivity index (χ0v) is 18.1. The molecular weight excluding hydrogens is 368 g/mol. The second kappa shape index (κ2) is 9.81. The van der Waals surface area contributed by atoms with E-state index in [4.69, 9.17) is 9.47 Å². The molecule has 0 radical (unpaired) electrons. The summed E-state index contributed by atoms with van der Waals surface area (Å²) < 4.78 is 10.9. The molecule has 2 aliphatic rings. The second-order valence-corrected chi connectivity index (χ2v) is 8.44. The van der Waals surface area contributed by atoms with Crippen LogP contribution in [0.1, 0.15) is 63.5 Å². The van der Waals surface area contributed by atoms with Gasteiger partial charge in [0.2, 0.25) is 5.91 Å². The number of amides is 1. The number of benzene rings is 1. The minimum absolute atomic E-state index is 0.00854. The molecule has 2 fully saturated rings. The van der Waals surface area contributed by atoms with Crippen LogP contribution in [-0.4, -0.2) is 55.4 Å². The summed E-state index contributed by atoms with van der Waals surface area (Å²) >= 11 is 0. The zero-order valence-electron chi connectivity index (χ0n) is 18.1. The van der Waals surface area contributed by atoms with Crippen molar-refractivity contribution in [3.63, 3.8) is 0 Å². The number of unbranched alkanes of at least 4 members (excludes halogenated alkanes) is 1. The van der Waals surface area contributed by atoms with Crippen LogP contribution in [0.25, 0.3) is 0 Å². The number of nitrogens with one attached hydrogen (secondary N) is 1. The fraction of sp³-hybridized carbons (Fsp3) is 0.696. The van der Waals surface area contributed by atoms with Crippen molar-refractivity contribution in [3.05, 3.63) is 23.8 Å². The summed E-state index contributed by atoms with van der Waals surface area (Å²) in [7, 11) is 3.27. The lowest BCUT2D eigenvalue weighted by Crippen LogP contribution is -2.56. The van der Waals surface area contributed by atoms with Gasteiger partial charge in [0.15, 0.2) is 11.5 Å². The number of carbonyl (C=O) groups excluding carboxylic acids is 1. The van der Waals surface area contributed by atoms with Gasteiger partial charge in [-0.15, -0.1) is 0 Å². The maximum Gasteiger partial charge on any atom is 0.234 e. The Labute approximate surface area is 174 Å². The molecule has 6 heteroatoms. The quantitative estimate of drug-likeness (QED) is 0.651. The average Bonchev–Trinajstić information content (AvgIpc) is 2.73. The Kier molecular flexibility index (Phi) is 7.41. The SMILES string of the molecule is CCCCNC(=O)CN1CC[C@@]2(O)CCCC[C@H]2[C@@H]1c1ccc(OC)c(OC)c1. The smallest absolute Gasteiger partial charge is 0.234 e. The van der Waals surface area contributed by atoms with Gasteiger partial charge in [-0.05, 0) is 43.4 Å². The number of ether oxygens (including phenoxy) is 2. The average molecular weight is 405 g/mol. The van der Waals surface area contributed by atoms with Gasteiger partial charge in [0.1, 0.15) is 0 Å². The minimum Gasteiger partial charge on any atom is -0.493 e. The highest BCUT2D eigenvalue weighted by atomic mass is 16.5. The number of aliphatic hydroxyl groups is 1. The molecule has 6 nitrogen and oxygen atoms in total. The summed E-state index contributed by atoms with van der Waals surface area (Å²) in [4.78, 5) is 14.8. The van der Waals surface area contributed by atoms with Gasteiger partial charge in [0.05, 0.1) is 26.4 Å². The number of fused-ring (bicyclic) bond motifs is 1. The van der Waals surface area contributed by atoms with Gasteiger partial charge >= 0.3 is 0 Å². The maximum absolute atomic E-state index is 12.6. The van der Waals surface area contributed by atoms with E-state index in [9.17, 15) is 9.90 Å². The molecule has 1 amide bonds. The first-order chi connectivity index (χ1) is 14.0. The van der Waals surface area contributed by atoms with Gasteiger partial charge in [-0.3, -0.25) is 9.69 Å². The van der Waals surface area contributed by atoms with E-state index in [2.05, 4.69) is 17.1 Å². The van der Waals surface area contributed by atoms with Crippen molar-refractivity contribution in [2.24, 2.45) is 5.92 Å². The van der Waals surface area contributed by atoms with Crippen molar-refractivity contribution < 1.29 is 19.4 Å². The molecule has 29 heavy (non-hydrogen) atoms. The van der Waals surface area contributed by atoms with E-state index >= 15 is 0 Å². The highest BCUT2D eigenvalue weighted by Crippen LogP contribution is 2.50. The van der Waals surface area contributed by atoms with Gasteiger partial charge in [0, 0.05) is 25.0 Å². The molecule has 1 aliphatic heterocycles. The summed E-state index contributed by atoms with van der Waals surface area (Å²) in [5.41, 5.74) is 0.430. The van der Waals surface area contributed by atoms with E-state index < -0.39 is 5.60 Å². The van der Waals surface area contributed by atoms with Crippen LogP contribution >= 0.6 is 0 Å². The predicted molar refractivity (Wildman–Crippen MR) is 113 cm³/mol. The van der Waals surface area contributed by atoms with Crippen LogP contribution in [0.3, 0.4) is 0 Å². The van der Waals surface area contributed by atoms with Crippen LogP contribution in [0.4, 0.5) is 0 Å². The van der Waals surface area contributed by atoms with Crippen LogP contribution < -0.4 is 14.8 Å².